The molecule has 0 heteroatoms. The van der Waals surface area contributed by atoms with E-state index in [4.69, 9.17) is 0 Å². The number of hydrogen-bond acceptors (Lipinski definition) is 0. The minimum atomic E-state index is 1.20. The minimum Gasteiger partial charge on any atom is -0.0985 e. The summed E-state index contributed by atoms with van der Waals surface area (Å²) in [4.78, 5) is 0. The van der Waals surface area contributed by atoms with Crippen molar-refractivity contribution in [2.24, 2.45) is 0 Å². The first-order chi connectivity index (χ1) is 13.7. The van der Waals surface area contributed by atoms with Gasteiger partial charge in [0, 0.05) is 0 Å². The van der Waals surface area contributed by atoms with Gasteiger partial charge in [0.25, 0.3) is 0 Å². The molecule has 0 heterocycles. The van der Waals surface area contributed by atoms with E-state index >= 15 is 0 Å². The lowest BCUT2D eigenvalue weighted by Gasteiger charge is -2.04. The van der Waals surface area contributed by atoms with E-state index in [-0.39, 0.29) is 0 Å². The van der Waals surface area contributed by atoms with Gasteiger partial charge in [0.2, 0.25) is 0 Å². The van der Waals surface area contributed by atoms with Crippen LogP contribution in [0.5, 0.6) is 0 Å². The molecule has 0 saturated carbocycles. The number of unbranched alkanes of at least 4 members (excludes halogenated alkanes) is 6. The molecule has 2 rings (SSSR count). The van der Waals surface area contributed by atoms with Gasteiger partial charge in [-0.2, -0.15) is 0 Å². The first-order valence-corrected chi connectivity index (χ1v) is 11.2. The zero-order valence-electron chi connectivity index (χ0n) is 18.3. The molecule has 0 N–H and O–H groups in total. The average Bonchev–Trinajstić information content (AvgIpc) is 2.75. The first-order valence-electron chi connectivity index (χ1n) is 11.2. The van der Waals surface area contributed by atoms with Crippen LogP contribution in [0, 0.1) is 0 Å². The van der Waals surface area contributed by atoms with Crippen LogP contribution < -0.4 is 0 Å². The molecule has 0 fully saturated rings. The summed E-state index contributed by atoms with van der Waals surface area (Å²) in [5.41, 5.74) is 5.42. The third kappa shape index (κ3) is 10.3. The Morgan fingerprint density at radius 1 is 0.679 bits per heavy atom. The predicted octanol–water partition coefficient (Wildman–Crippen LogP) is 8.90. The summed E-state index contributed by atoms with van der Waals surface area (Å²) in [6.07, 6.45) is 16.9. The molecular weight excluding hydrogens is 336 g/mol. The Hall–Kier alpha value is -2.08. The Morgan fingerprint density at radius 2 is 1.36 bits per heavy atom. The van der Waals surface area contributed by atoms with Gasteiger partial charge in [-0.3, -0.25) is 0 Å². The van der Waals surface area contributed by atoms with Gasteiger partial charge in [-0.15, -0.1) is 0 Å². The summed E-state index contributed by atoms with van der Waals surface area (Å²) >= 11 is 0. The Balaban J connectivity index is 0.000000280. The lowest BCUT2D eigenvalue weighted by atomic mass is 10.0. The number of rotatable bonds is 12. The van der Waals surface area contributed by atoms with Crippen molar-refractivity contribution in [1.82, 2.24) is 0 Å². The zero-order chi connectivity index (χ0) is 20.5. The number of hydrogen-bond donors (Lipinski definition) is 0. The summed E-state index contributed by atoms with van der Waals surface area (Å²) in [6.45, 7) is 12.1. The molecule has 28 heavy (non-hydrogen) atoms. The largest absolute Gasteiger partial charge is 0.0985 e. The summed E-state index contributed by atoms with van der Waals surface area (Å²) in [7, 11) is 0. The smallest absolute Gasteiger partial charge is 0.0230 e. The van der Waals surface area contributed by atoms with E-state index in [0.717, 1.165) is 0 Å². The van der Waals surface area contributed by atoms with Gasteiger partial charge in [0.1, 0.15) is 0 Å². The van der Waals surface area contributed by atoms with Crippen LogP contribution in [-0.2, 0) is 12.8 Å². The molecular formula is C28H40. The standard InChI is InChI=1S/2C14H20/c1-3-5-6-7-11-14-12-9-8-10-13(14)4-2;1-3-5-6-7-9-14-11-8-10-13(4-2)12-14/h4,8-10,12H,2-3,5-7,11H2,1H3;4,8,10-12H,2-3,5-7,9H2,1H3. The molecule has 0 nitrogen and oxygen atoms in total. The van der Waals surface area contributed by atoms with Crippen LogP contribution in [-0.4, -0.2) is 0 Å². The highest BCUT2D eigenvalue weighted by Gasteiger charge is 1.97. The van der Waals surface area contributed by atoms with Crippen molar-refractivity contribution in [3.63, 3.8) is 0 Å². The Morgan fingerprint density at radius 3 is 2.00 bits per heavy atom. The molecule has 0 aliphatic carbocycles. The summed E-state index contributed by atoms with van der Waals surface area (Å²) in [5.74, 6) is 0. The van der Waals surface area contributed by atoms with Crippen molar-refractivity contribution in [1.29, 1.82) is 0 Å². The molecule has 152 valence electrons. The Labute approximate surface area is 174 Å². The molecule has 0 amide bonds. The fraction of sp³-hybridized carbons (Fsp3) is 0.429. The predicted molar refractivity (Wildman–Crippen MR) is 129 cm³/mol. The van der Waals surface area contributed by atoms with Crippen LogP contribution in [0.4, 0.5) is 0 Å². The minimum absolute atomic E-state index is 1.20. The van der Waals surface area contributed by atoms with Crippen molar-refractivity contribution in [3.8, 4) is 0 Å². The zero-order valence-corrected chi connectivity index (χ0v) is 18.3. The molecule has 0 spiro atoms. The Kier molecular flexibility index (Phi) is 13.6. The third-order valence-corrected chi connectivity index (χ3v) is 5.08. The summed E-state index contributed by atoms with van der Waals surface area (Å²) < 4.78 is 0. The highest BCUT2D eigenvalue weighted by atomic mass is 14.0. The molecule has 2 aromatic carbocycles. The molecule has 0 unspecified atom stereocenters. The molecule has 0 aliphatic heterocycles. The van der Waals surface area contributed by atoms with E-state index in [1.54, 1.807) is 0 Å². The van der Waals surface area contributed by atoms with E-state index < -0.39 is 0 Å². The van der Waals surface area contributed by atoms with E-state index in [9.17, 15) is 0 Å². The van der Waals surface area contributed by atoms with Crippen LogP contribution in [0.2, 0.25) is 0 Å². The van der Waals surface area contributed by atoms with Crippen LogP contribution in [0.25, 0.3) is 12.2 Å². The molecule has 2 aromatic rings. The van der Waals surface area contributed by atoms with Crippen molar-refractivity contribution in [3.05, 3.63) is 83.9 Å². The van der Waals surface area contributed by atoms with Gasteiger partial charge < -0.3 is 0 Å². The van der Waals surface area contributed by atoms with Crippen LogP contribution in [0.1, 0.15) is 87.5 Å². The lowest BCUT2D eigenvalue weighted by Crippen LogP contribution is -1.89. The van der Waals surface area contributed by atoms with Crippen LogP contribution in [0.15, 0.2) is 61.7 Å². The van der Waals surface area contributed by atoms with Crippen LogP contribution >= 0.6 is 0 Å². The van der Waals surface area contributed by atoms with Crippen LogP contribution in [0.3, 0.4) is 0 Å². The van der Waals surface area contributed by atoms with Gasteiger partial charge in [-0.05, 0) is 47.9 Å². The van der Waals surface area contributed by atoms with Gasteiger partial charge in [-0.25, -0.2) is 0 Å². The third-order valence-electron chi connectivity index (χ3n) is 5.08. The van der Waals surface area contributed by atoms with Gasteiger partial charge in [0.15, 0.2) is 0 Å². The SMILES string of the molecule is C=Cc1cccc(CCCCCC)c1.C=Cc1ccccc1CCCCCC. The highest BCUT2D eigenvalue weighted by Crippen LogP contribution is 2.14. The Bertz CT molecular complexity index is 665. The van der Waals surface area contributed by atoms with Crippen molar-refractivity contribution < 1.29 is 0 Å². The quantitative estimate of drug-likeness (QED) is 0.324. The molecule has 0 bridgehead atoms. The maximum atomic E-state index is 3.84. The van der Waals surface area contributed by atoms with Crippen molar-refractivity contribution in [2.45, 2.75) is 78.1 Å². The van der Waals surface area contributed by atoms with Gasteiger partial charge in [0.05, 0.1) is 0 Å². The first kappa shape index (κ1) is 24.0. The fourth-order valence-corrected chi connectivity index (χ4v) is 3.33. The summed E-state index contributed by atoms with van der Waals surface area (Å²) in [6, 6.07) is 17.2. The number of aryl methyl sites for hydroxylation is 2. The maximum Gasteiger partial charge on any atom is -0.0230 e. The van der Waals surface area contributed by atoms with E-state index in [1.165, 1.54) is 86.5 Å². The maximum absolute atomic E-state index is 3.84. The number of benzene rings is 2. The molecule has 0 aliphatic rings. The second-order valence-corrected chi connectivity index (χ2v) is 7.47. The van der Waals surface area contributed by atoms with Gasteiger partial charge >= 0.3 is 0 Å². The van der Waals surface area contributed by atoms with Gasteiger partial charge in [-0.1, -0.05) is 126 Å². The van der Waals surface area contributed by atoms with Crippen molar-refractivity contribution >= 4 is 12.2 Å². The second kappa shape index (κ2) is 15.9. The van der Waals surface area contributed by atoms with E-state index in [1.807, 2.05) is 12.2 Å². The molecule has 0 radical (unpaired) electrons. The van der Waals surface area contributed by atoms with Crippen molar-refractivity contribution in [2.75, 3.05) is 0 Å². The fourth-order valence-electron chi connectivity index (χ4n) is 3.33. The molecule has 0 atom stereocenters. The average molecular weight is 377 g/mol. The lowest BCUT2D eigenvalue weighted by molar-refractivity contribution is 0.666. The normalized spacial score (nSPS) is 10.1. The van der Waals surface area contributed by atoms with E-state index in [0.29, 0.717) is 0 Å². The molecule has 0 aromatic heterocycles. The highest BCUT2D eigenvalue weighted by molar-refractivity contribution is 5.51. The van der Waals surface area contributed by atoms with E-state index in [2.05, 4.69) is 75.5 Å². The summed E-state index contributed by atoms with van der Waals surface area (Å²) in [5, 5.41) is 0. The monoisotopic (exact) mass is 376 g/mol. The second-order valence-electron chi connectivity index (χ2n) is 7.47. The topological polar surface area (TPSA) is 0 Å². The molecule has 0 saturated heterocycles.